The summed E-state index contributed by atoms with van der Waals surface area (Å²) in [5.74, 6) is 0.865. The molecule has 136 valence electrons. The second kappa shape index (κ2) is 7.08. The van der Waals surface area contributed by atoms with Crippen LogP contribution < -0.4 is 4.74 Å². The van der Waals surface area contributed by atoms with Gasteiger partial charge in [0, 0.05) is 50.4 Å². The molecule has 2 aliphatic heterocycles. The first kappa shape index (κ1) is 17.0. The Morgan fingerprint density at radius 1 is 1.28 bits per heavy atom. The van der Waals surface area contributed by atoms with E-state index in [1.54, 1.807) is 0 Å². The molecule has 2 fully saturated rings. The molecule has 25 heavy (non-hydrogen) atoms. The van der Waals surface area contributed by atoms with Gasteiger partial charge in [0.25, 0.3) is 0 Å². The van der Waals surface area contributed by atoms with Crippen molar-refractivity contribution in [3.8, 4) is 5.75 Å². The van der Waals surface area contributed by atoms with Crippen molar-refractivity contribution in [2.45, 2.75) is 76.7 Å². The van der Waals surface area contributed by atoms with E-state index in [1.807, 2.05) is 6.92 Å². The summed E-state index contributed by atoms with van der Waals surface area (Å²) in [7, 11) is 0. The quantitative estimate of drug-likeness (QED) is 0.814. The number of carbonyl (C=O) groups is 1. The Bertz CT molecular complexity index is 630. The first-order valence-corrected chi connectivity index (χ1v) is 9.88. The van der Waals surface area contributed by atoms with Gasteiger partial charge in [-0.25, -0.2) is 0 Å². The lowest BCUT2D eigenvalue weighted by Crippen LogP contribution is -2.54. The van der Waals surface area contributed by atoms with Gasteiger partial charge in [-0.1, -0.05) is 19.4 Å². The molecule has 0 unspecified atom stereocenters. The molecule has 0 radical (unpaired) electrons. The Hall–Kier alpha value is -1.39. The van der Waals surface area contributed by atoms with Crippen LogP contribution in [0.25, 0.3) is 0 Å². The molecule has 2 heterocycles. The third kappa shape index (κ3) is 3.61. The highest BCUT2D eigenvalue weighted by Gasteiger charge is 2.42. The van der Waals surface area contributed by atoms with Crippen molar-refractivity contribution < 1.29 is 14.3 Å². The average Bonchev–Trinajstić information content (AvgIpc) is 2.60. The molecule has 1 spiro atoms. The maximum absolute atomic E-state index is 11.5. The average molecular weight is 343 g/mol. The largest absolute Gasteiger partial charge is 0.462 e. The standard InChI is InChI=1S/C21H29NO3/c1-2-19(23)8-6-16-7-9-20-17(14-16)15-24-21(25-20)10-12-22(13-11-21)18-4-3-5-18/h7,9,14,18H,2-6,8,10-13,15H2,1H3. The van der Waals surface area contributed by atoms with Crippen LogP contribution in [-0.4, -0.2) is 35.6 Å². The number of rotatable bonds is 5. The molecule has 1 aliphatic carbocycles. The Kier molecular flexibility index (Phi) is 4.83. The van der Waals surface area contributed by atoms with Crippen LogP contribution in [0.1, 0.15) is 63.0 Å². The lowest BCUT2D eigenvalue weighted by Gasteiger charge is -2.47. The number of piperidine rings is 1. The lowest BCUT2D eigenvalue weighted by molar-refractivity contribution is -0.231. The minimum Gasteiger partial charge on any atom is -0.462 e. The van der Waals surface area contributed by atoms with Crippen LogP contribution in [0.15, 0.2) is 18.2 Å². The van der Waals surface area contributed by atoms with Crippen LogP contribution in [0, 0.1) is 0 Å². The minimum atomic E-state index is -0.424. The van der Waals surface area contributed by atoms with Crippen molar-refractivity contribution in [3.63, 3.8) is 0 Å². The molecular weight excluding hydrogens is 314 g/mol. The maximum Gasteiger partial charge on any atom is 0.213 e. The van der Waals surface area contributed by atoms with E-state index in [1.165, 1.54) is 24.8 Å². The van der Waals surface area contributed by atoms with E-state index in [2.05, 4.69) is 23.1 Å². The molecule has 4 nitrogen and oxygen atoms in total. The van der Waals surface area contributed by atoms with Crippen molar-refractivity contribution in [3.05, 3.63) is 29.3 Å². The first-order valence-electron chi connectivity index (χ1n) is 9.88. The summed E-state index contributed by atoms with van der Waals surface area (Å²) in [4.78, 5) is 14.1. The molecule has 1 saturated carbocycles. The van der Waals surface area contributed by atoms with E-state index in [-0.39, 0.29) is 0 Å². The molecule has 0 amide bonds. The Labute approximate surface area is 150 Å². The summed E-state index contributed by atoms with van der Waals surface area (Å²) in [6.45, 7) is 4.70. The molecule has 0 N–H and O–H groups in total. The number of Topliss-reactive ketones (excluding diaryl/α,β-unsaturated/α-hetero) is 1. The lowest BCUT2D eigenvalue weighted by atomic mass is 9.89. The highest BCUT2D eigenvalue weighted by molar-refractivity contribution is 5.78. The third-order valence-corrected chi connectivity index (χ3v) is 6.15. The van der Waals surface area contributed by atoms with Crippen LogP contribution in [-0.2, 0) is 22.6 Å². The molecule has 0 bridgehead atoms. The number of ether oxygens (including phenoxy) is 2. The SMILES string of the molecule is CCC(=O)CCc1ccc2c(c1)COC1(CCN(C3CCC3)CC1)O2. The molecule has 0 aromatic heterocycles. The molecular formula is C21H29NO3. The zero-order valence-corrected chi connectivity index (χ0v) is 15.3. The molecule has 0 atom stereocenters. The van der Waals surface area contributed by atoms with E-state index < -0.39 is 5.79 Å². The fourth-order valence-corrected chi connectivity index (χ4v) is 4.13. The minimum absolute atomic E-state index is 0.322. The van der Waals surface area contributed by atoms with Crippen LogP contribution in [0.2, 0.25) is 0 Å². The Morgan fingerprint density at radius 2 is 2.08 bits per heavy atom. The summed E-state index contributed by atoms with van der Waals surface area (Å²) in [5.41, 5.74) is 2.32. The van der Waals surface area contributed by atoms with Gasteiger partial charge < -0.3 is 9.47 Å². The van der Waals surface area contributed by atoms with E-state index >= 15 is 0 Å². The van der Waals surface area contributed by atoms with Gasteiger partial charge in [-0.2, -0.15) is 0 Å². The fourth-order valence-electron chi connectivity index (χ4n) is 4.13. The van der Waals surface area contributed by atoms with Crippen LogP contribution in [0.4, 0.5) is 0 Å². The van der Waals surface area contributed by atoms with Crippen molar-refractivity contribution in [1.29, 1.82) is 0 Å². The van der Waals surface area contributed by atoms with Crippen molar-refractivity contribution in [2.24, 2.45) is 0 Å². The third-order valence-electron chi connectivity index (χ3n) is 6.15. The fraction of sp³-hybridized carbons (Fsp3) is 0.667. The van der Waals surface area contributed by atoms with Gasteiger partial charge in [-0.15, -0.1) is 0 Å². The highest BCUT2D eigenvalue weighted by atomic mass is 16.7. The number of hydrogen-bond acceptors (Lipinski definition) is 4. The zero-order valence-electron chi connectivity index (χ0n) is 15.3. The van der Waals surface area contributed by atoms with Gasteiger partial charge in [-0.05, 0) is 37.0 Å². The van der Waals surface area contributed by atoms with Crippen LogP contribution in [0.3, 0.4) is 0 Å². The van der Waals surface area contributed by atoms with E-state index in [9.17, 15) is 4.79 Å². The van der Waals surface area contributed by atoms with E-state index in [0.717, 1.165) is 49.7 Å². The van der Waals surface area contributed by atoms with Gasteiger partial charge in [0.2, 0.25) is 5.79 Å². The molecule has 1 aromatic carbocycles. The Morgan fingerprint density at radius 3 is 2.76 bits per heavy atom. The summed E-state index contributed by atoms with van der Waals surface area (Å²) in [5, 5.41) is 0. The van der Waals surface area contributed by atoms with Crippen molar-refractivity contribution in [1.82, 2.24) is 4.90 Å². The van der Waals surface area contributed by atoms with Crippen LogP contribution >= 0.6 is 0 Å². The number of fused-ring (bicyclic) bond motifs is 1. The van der Waals surface area contributed by atoms with E-state index in [0.29, 0.717) is 25.2 Å². The smallest absolute Gasteiger partial charge is 0.213 e. The number of aryl methyl sites for hydroxylation is 1. The summed E-state index contributed by atoms with van der Waals surface area (Å²) in [6.07, 6.45) is 8.07. The Balaban J connectivity index is 1.37. The molecule has 4 rings (SSSR count). The number of likely N-dealkylation sites (tertiary alicyclic amines) is 1. The predicted octanol–water partition coefficient (Wildman–Crippen LogP) is 3.85. The van der Waals surface area contributed by atoms with Gasteiger partial charge in [0.15, 0.2) is 0 Å². The summed E-state index contributed by atoms with van der Waals surface area (Å²) < 4.78 is 12.5. The van der Waals surface area contributed by atoms with Crippen molar-refractivity contribution >= 4 is 5.78 Å². The summed E-state index contributed by atoms with van der Waals surface area (Å²) >= 11 is 0. The van der Waals surface area contributed by atoms with E-state index in [4.69, 9.17) is 9.47 Å². The number of benzene rings is 1. The topological polar surface area (TPSA) is 38.8 Å². The first-order chi connectivity index (χ1) is 12.2. The van der Waals surface area contributed by atoms with Crippen LogP contribution in [0.5, 0.6) is 5.75 Å². The number of hydrogen-bond donors (Lipinski definition) is 0. The monoisotopic (exact) mass is 343 g/mol. The summed E-state index contributed by atoms with van der Waals surface area (Å²) in [6, 6.07) is 7.13. The van der Waals surface area contributed by atoms with Gasteiger partial charge >= 0.3 is 0 Å². The molecule has 4 heteroatoms. The number of ketones is 1. The second-order valence-electron chi connectivity index (χ2n) is 7.76. The van der Waals surface area contributed by atoms with Crippen molar-refractivity contribution in [2.75, 3.05) is 13.1 Å². The molecule has 1 saturated heterocycles. The molecule has 1 aromatic rings. The maximum atomic E-state index is 11.5. The second-order valence-corrected chi connectivity index (χ2v) is 7.76. The normalized spacial score (nSPS) is 22.9. The van der Waals surface area contributed by atoms with Gasteiger partial charge in [0.05, 0.1) is 6.61 Å². The zero-order chi connectivity index (χ0) is 17.3. The van der Waals surface area contributed by atoms with Gasteiger partial charge in [-0.3, -0.25) is 9.69 Å². The number of nitrogens with zero attached hydrogens (tertiary/aromatic N) is 1. The highest BCUT2D eigenvalue weighted by Crippen LogP contribution is 2.39. The van der Waals surface area contributed by atoms with Gasteiger partial charge in [0.1, 0.15) is 11.5 Å². The number of carbonyl (C=O) groups excluding carboxylic acids is 1. The predicted molar refractivity (Wildman–Crippen MR) is 96.7 cm³/mol. The molecule has 3 aliphatic rings.